The number of nitrogens with one attached hydrogen (secondary N) is 1. The molecule has 0 heterocycles. The van der Waals surface area contributed by atoms with Crippen LogP contribution in [0.4, 0.5) is 0 Å². The summed E-state index contributed by atoms with van der Waals surface area (Å²) in [5.41, 5.74) is 0. The van der Waals surface area contributed by atoms with Gasteiger partial charge in [-0.3, -0.25) is 4.21 Å². The van der Waals surface area contributed by atoms with Crippen LogP contribution in [-0.2, 0) is 10.8 Å². The van der Waals surface area contributed by atoms with Crippen molar-refractivity contribution in [2.75, 3.05) is 12.8 Å². The highest BCUT2D eigenvalue weighted by atomic mass is 32.2. The summed E-state index contributed by atoms with van der Waals surface area (Å²) in [4.78, 5) is 0. The molecule has 1 fully saturated rings. The molecule has 102 valence electrons. The molecule has 1 N–H and O–H groups in total. The summed E-state index contributed by atoms with van der Waals surface area (Å²) < 4.78 is 12.4. The molecule has 4 unspecified atom stereocenters. The van der Waals surface area contributed by atoms with E-state index >= 15 is 0 Å². The minimum Gasteiger partial charge on any atom is -0.316 e. The predicted molar refractivity (Wildman–Crippen MR) is 76.7 cm³/mol. The third-order valence-electron chi connectivity index (χ3n) is 3.98. The standard InChI is InChI=1S/C14H29NOS/c1-10(2)9-17(16)14-8-12(11(3)4)6-7-13(14)15-5/h10-15H,6-9H2,1-5H3. The zero-order valence-electron chi connectivity index (χ0n) is 12.0. The monoisotopic (exact) mass is 259 g/mol. The molecule has 4 atom stereocenters. The topological polar surface area (TPSA) is 29.1 Å². The van der Waals surface area contributed by atoms with Crippen molar-refractivity contribution < 1.29 is 4.21 Å². The van der Waals surface area contributed by atoms with E-state index in [9.17, 15) is 4.21 Å². The van der Waals surface area contributed by atoms with Crippen LogP contribution in [0.5, 0.6) is 0 Å². The number of hydrogen-bond acceptors (Lipinski definition) is 2. The Labute approximate surface area is 109 Å². The van der Waals surface area contributed by atoms with Crippen LogP contribution < -0.4 is 5.32 Å². The van der Waals surface area contributed by atoms with E-state index < -0.39 is 10.8 Å². The minimum absolute atomic E-state index is 0.364. The van der Waals surface area contributed by atoms with Gasteiger partial charge >= 0.3 is 0 Å². The van der Waals surface area contributed by atoms with Crippen LogP contribution in [-0.4, -0.2) is 28.3 Å². The lowest BCUT2D eigenvalue weighted by atomic mass is 9.79. The van der Waals surface area contributed by atoms with Crippen LogP contribution in [0.2, 0.25) is 0 Å². The highest BCUT2D eigenvalue weighted by molar-refractivity contribution is 7.85. The van der Waals surface area contributed by atoms with E-state index in [1.807, 2.05) is 7.05 Å². The highest BCUT2D eigenvalue weighted by Crippen LogP contribution is 2.33. The first-order valence-corrected chi connectivity index (χ1v) is 8.38. The Hall–Kier alpha value is 0.110. The Bertz CT molecular complexity index is 253. The molecule has 3 heteroatoms. The van der Waals surface area contributed by atoms with Crippen molar-refractivity contribution in [2.45, 2.75) is 58.2 Å². The molecule has 0 amide bonds. The Morgan fingerprint density at radius 3 is 2.35 bits per heavy atom. The smallest absolute Gasteiger partial charge is 0.0503 e. The summed E-state index contributed by atoms with van der Waals surface area (Å²) in [5, 5.41) is 3.74. The van der Waals surface area contributed by atoms with Crippen molar-refractivity contribution >= 4 is 10.8 Å². The van der Waals surface area contributed by atoms with Crippen molar-refractivity contribution in [2.24, 2.45) is 17.8 Å². The number of hydrogen-bond donors (Lipinski definition) is 1. The SMILES string of the molecule is CNC1CCC(C(C)C)CC1S(=O)CC(C)C. The fourth-order valence-corrected chi connectivity index (χ4v) is 4.84. The largest absolute Gasteiger partial charge is 0.316 e. The second kappa shape index (κ2) is 6.89. The summed E-state index contributed by atoms with van der Waals surface area (Å²) in [6.07, 6.45) is 3.62. The quantitative estimate of drug-likeness (QED) is 0.822. The third kappa shape index (κ3) is 4.36. The third-order valence-corrected chi connectivity index (χ3v) is 6.17. The molecule has 0 saturated heterocycles. The lowest BCUT2D eigenvalue weighted by Gasteiger charge is -2.37. The first-order valence-electron chi connectivity index (χ1n) is 7.00. The van der Waals surface area contributed by atoms with Gasteiger partial charge in [0.15, 0.2) is 0 Å². The van der Waals surface area contributed by atoms with Crippen LogP contribution in [0.1, 0.15) is 47.0 Å². The highest BCUT2D eigenvalue weighted by Gasteiger charge is 2.34. The van der Waals surface area contributed by atoms with E-state index in [2.05, 4.69) is 33.0 Å². The van der Waals surface area contributed by atoms with E-state index in [0.29, 0.717) is 17.2 Å². The minimum atomic E-state index is -0.666. The van der Waals surface area contributed by atoms with Gasteiger partial charge in [0.25, 0.3) is 0 Å². The molecule has 2 nitrogen and oxygen atoms in total. The second-order valence-electron chi connectivity index (χ2n) is 6.19. The molecule has 0 spiro atoms. The van der Waals surface area contributed by atoms with Crippen molar-refractivity contribution in [3.05, 3.63) is 0 Å². The average molecular weight is 259 g/mol. The van der Waals surface area contributed by atoms with E-state index in [1.165, 1.54) is 12.8 Å². The summed E-state index contributed by atoms with van der Waals surface area (Å²) in [6, 6.07) is 0.463. The molecule has 1 saturated carbocycles. The zero-order valence-corrected chi connectivity index (χ0v) is 12.8. The first-order chi connectivity index (χ1) is 7.95. The Morgan fingerprint density at radius 2 is 1.88 bits per heavy atom. The van der Waals surface area contributed by atoms with Gasteiger partial charge in [-0.1, -0.05) is 27.7 Å². The molecule has 0 aromatic carbocycles. The Kier molecular flexibility index (Phi) is 6.14. The maximum absolute atomic E-state index is 12.4. The Balaban J connectivity index is 2.65. The van der Waals surface area contributed by atoms with Crippen LogP contribution in [0.3, 0.4) is 0 Å². The molecular formula is C14H29NOS. The molecule has 1 aliphatic carbocycles. The summed E-state index contributed by atoms with van der Waals surface area (Å²) >= 11 is 0. The van der Waals surface area contributed by atoms with Gasteiger partial charge in [-0.15, -0.1) is 0 Å². The summed E-state index contributed by atoms with van der Waals surface area (Å²) in [5.74, 6) is 2.88. The fourth-order valence-electron chi connectivity index (χ4n) is 2.84. The molecule has 17 heavy (non-hydrogen) atoms. The predicted octanol–water partition coefficient (Wildman–Crippen LogP) is 2.80. The molecular weight excluding hydrogens is 230 g/mol. The maximum atomic E-state index is 12.4. The van der Waals surface area contributed by atoms with Crippen molar-refractivity contribution in [3.8, 4) is 0 Å². The molecule has 0 aromatic heterocycles. The van der Waals surface area contributed by atoms with Gasteiger partial charge in [-0.25, -0.2) is 0 Å². The zero-order chi connectivity index (χ0) is 13.0. The van der Waals surface area contributed by atoms with Gasteiger partial charge in [-0.2, -0.15) is 0 Å². The van der Waals surface area contributed by atoms with Gasteiger partial charge in [0.2, 0.25) is 0 Å². The summed E-state index contributed by atoms with van der Waals surface area (Å²) in [7, 11) is 1.35. The second-order valence-corrected chi connectivity index (χ2v) is 7.89. The van der Waals surface area contributed by atoms with Crippen molar-refractivity contribution in [1.82, 2.24) is 5.32 Å². The van der Waals surface area contributed by atoms with Crippen LogP contribution in [0.25, 0.3) is 0 Å². The lowest BCUT2D eigenvalue weighted by molar-refractivity contribution is 0.249. The van der Waals surface area contributed by atoms with Crippen molar-refractivity contribution in [3.63, 3.8) is 0 Å². The first kappa shape index (κ1) is 15.2. The fraction of sp³-hybridized carbons (Fsp3) is 1.00. The van der Waals surface area contributed by atoms with Gasteiger partial charge in [0.1, 0.15) is 0 Å². The lowest BCUT2D eigenvalue weighted by Crippen LogP contribution is -2.46. The van der Waals surface area contributed by atoms with E-state index in [4.69, 9.17) is 0 Å². The molecule has 0 aliphatic heterocycles. The molecule has 1 rings (SSSR count). The van der Waals surface area contributed by atoms with Gasteiger partial charge in [-0.05, 0) is 44.1 Å². The maximum Gasteiger partial charge on any atom is 0.0503 e. The van der Waals surface area contributed by atoms with Crippen LogP contribution in [0.15, 0.2) is 0 Å². The molecule has 0 aromatic rings. The van der Waals surface area contributed by atoms with Gasteiger partial charge < -0.3 is 5.32 Å². The van der Waals surface area contributed by atoms with E-state index in [0.717, 1.165) is 24.0 Å². The normalized spacial score (nSPS) is 32.1. The van der Waals surface area contributed by atoms with Crippen molar-refractivity contribution in [1.29, 1.82) is 0 Å². The van der Waals surface area contributed by atoms with E-state index in [-0.39, 0.29) is 0 Å². The van der Waals surface area contributed by atoms with Gasteiger partial charge in [0, 0.05) is 22.6 Å². The van der Waals surface area contributed by atoms with E-state index in [1.54, 1.807) is 0 Å². The van der Waals surface area contributed by atoms with Crippen LogP contribution >= 0.6 is 0 Å². The Morgan fingerprint density at radius 1 is 1.24 bits per heavy atom. The molecule has 0 bridgehead atoms. The summed E-state index contributed by atoms with van der Waals surface area (Å²) in [6.45, 7) is 8.92. The molecule has 1 aliphatic rings. The van der Waals surface area contributed by atoms with Gasteiger partial charge in [0.05, 0.1) is 5.25 Å². The average Bonchev–Trinajstić information content (AvgIpc) is 2.27. The van der Waals surface area contributed by atoms with Crippen LogP contribution in [0, 0.1) is 17.8 Å². The number of rotatable bonds is 5. The molecule has 0 radical (unpaired) electrons.